The second kappa shape index (κ2) is 7.59. The summed E-state index contributed by atoms with van der Waals surface area (Å²) in [6, 6.07) is 0.605. The van der Waals surface area contributed by atoms with Gasteiger partial charge in [-0.25, -0.2) is 4.98 Å². The van der Waals surface area contributed by atoms with Gasteiger partial charge in [0.25, 0.3) is 0 Å². The summed E-state index contributed by atoms with van der Waals surface area (Å²) in [5.41, 5.74) is 1.32. The summed E-state index contributed by atoms with van der Waals surface area (Å²) < 4.78 is 0. The third-order valence-electron chi connectivity index (χ3n) is 4.63. The molecule has 4 heteroatoms. The predicted octanol–water partition coefficient (Wildman–Crippen LogP) is 4.08. The van der Waals surface area contributed by atoms with Crippen molar-refractivity contribution in [3.05, 3.63) is 10.6 Å². The van der Waals surface area contributed by atoms with E-state index in [0.717, 1.165) is 37.9 Å². The van der Waals surface area contributed by atoms with Crippen molar-refractivity contribution >= 4 is 16.5 Å². The molecule has 21 heavy (non-hydrogen) atoms. The van der Waals surface area contributed by atoms with Crippen molar-refractivity contribution in [1.29, 1.82) is 0 Å². The number of aryl methyl sites for hydroxylation is 1. The molecule has 3 nitrogen and oxygen atoms in total. The average molecular weight is 310 g/mol. The molecule has 3 unspecified atom stereocenters. The Balaban J connectivity index is 2.21. The molecule has 0 saturated carbocycles. The van der Waals surface area contributed by atoms with Crippen LogP contribution in [0.25, 0.3) is 0 Å². The number of anilines is 1. The number of thiazole rings is 1. The van der Waals surface area contributed by atoms with E-state index >= 15 is 0 Å². The molecule has 1 aromatic rings. The van der Waals surface area contributed by atoms with E-state index in [2.05, 4.69) is 44.8 Å². The van der Waals surface area contributed by atoms with E-state index < -0.39 is 0 Å². The van der Waals surface area contributed by atoms with Crippen LogP contribution >= 0.6 is 11.3 Å². The molecular weight excluding hydrogens is 278 g/mol. The van der Waals surface area contributed by atoms with E-state index in [9.17, 15) is 0 Å². The van der Waals surface area contributed by atoms with Gasteiger partial charge in [0.1, 0.15) is 0 Å². The maximum Gasteiger partial charge on any atom is 0.186 e. The quantitative estimate of drug-likeness (QED) is 0.858. The van der Waals surface area contributed by atoms with Gasteiger partial charge in [0.15, 0.2) is 5.13 Å². The summed E-state index contributed by atoms with van der Waals surface area (Å²) in [5.74, 6) is 1.52. The molecule has 0 radical (unpaired) electrons. The zero-order valence-electron chi connectivity index (χ0n) is 14.3. The Morgan fingerprint density at radius 2 is 2.05 bits per heavy atom. The largest absolute Gasteiger partial charge is 0.345 e. The summed E-state index contributed by atoms with van der Waals surface area (Å²) in [6.45, 7) is 14.7. The molecule has 0 amide bonds. The molecule has 0 aliphatic carbocycles. The van der Waals surface area contributed by atoms with E-state index in [0.29, 0.717) is 6.04 Å². The molecule has 0 bridgehead atoms. The summed E-state index contributed by atoms with van der Waals surface area (Å²) in [6.07, 6.45) is 3.62. The van der Waals surface area contributed by atoms with Gasteiger partial charge in [-0.3, -0.25) is 0 Å². The molecule has 1 saturated heterocycles. The monoisotopic (exact) mass is 309 g/mol. The number of piperidine rings is 1. The van der Waals surface area contributed by atoms with Crippen molar-refractivity contribution in [3.8, 4) is 0 Å². The molecule has 3 atom stereocenters. The van der Waals surface area contributed by atoms with Gasteiger partial charge >= 0.3 is 0 Å². The van der Waals surface area contributed by atoms with Crippen LogP contribution < -0.4 is 10.2 Å². The fraction of sp³-hybridized carbons (Fsp3) is 0.824. The Kier molecular flexibility index (Phi) is 6.06. The summed E-state index contributed by atoms with van der Waals surface area (Å²) in [7, 11) is 0. The summed E-state index contributed by atoms with van der Waals surface area (Å²) in [5, 5.41) is 4.71. The molecule has 2 heterocycles. The number of rotatable bonds is 6. The van der Waals surface area contributed by atoms with E-state index in [1.54, 1.807) is 0 Å². The maximum atomic E-state index is 5.00. The smallest absolute Gasteiger partial charge is 0.186 e. The van der Waals surface area contributed by atoms with Gasteiger partial charge in [-0.1, -0.05) is 34.1 Å². The van der Waals surface area contributed by atoms with Gasteiger partial charge in [-0.05, 0) is 38.1 Å². The van der Waals surface area contributed by atoms with Crippen molar-refractivity contribution in [1.82, 2.24) is 10.3 Å². The molecule has 2 rings (SSSR count). The molecule has 1 aromatic heterocycles. The topological polar surface area (TPSA) is 28.2 Å². The van der Waals surface area contributed by atoms with Crippen LogP contribution in [0.2, 0.25) is 0 Å². The molecule has 1 aliphatic rings. The van der Waals surface area contributed by atoms with Gasteiger partial charge in [0.05, 0.1) is 5.69 Å². The third kappa shape index (κ3) is 3.98. The zero-order valence-corrected chi connectivity index (χ0v) is 15.1. The first kappa shape index (κ1) is 16.8. The van der Waals surface area contributed by atoms with Crippen molar-refractivity contribution in [2.75, 3.05) is 18.0 Å². The normalized spacial score (nSPS) is 26.3. The highest BCUT2D eigenvalue weighted by Gasteiger charge is 2.31. The van der Waals surface area contributed by atoms with Crippen LogP contribution in [-0.2, 0) is 13.0 Å². The Hall–Kier alpha value is -0.610. The minimum absolute atomic E-state index is 0.605. The standard InChI is InChI=1S/C17H31N3S/c1-6-8-15-16(10-18-7-2)21-17(19-15)20-11-12(3)9-13(4)14(20)5/h12-14,18H,6-11H2,1-5H3. The van der Waals surface area contributed by atoms with Crippen molar-refractivity contribution in [2.24, 2.45) is 11.8 Å². The molecule has 1 fully saturated rings. The lowest BCUT2D eigenvalue weighted by molar-refractivity contribution is 0.297. The Morgan fingerprint density at radius 3 is 2.71 bits per heavy atom. The highest BCUT2D eigenvalue weighted by molar-refractivity contribution is 7.15. The first-order chi connectivity index (χ1) is 10.1. The Morgan fingerprint density at radius 1 is 1.29 bits per heavy atom. The first-order valence-corrected chi connectivity index (χ1v) is 9.34. The number of hydrogen-bond acceptors (Lipinski definition) is 4. The number of aromatic nitrogens is 1. The molecular formula is C17H31N3S. The van der Waals surface area contributed by atoms with Crippen LogP contribution in [0.4, 0.5) is 5.13 Å². The summed E-state index contributed by atoms with van der Waals surface area (Å²) >= 11 is 1.91. The average Bonchev–Trinajstić information content (AvgIpc) is 2.84. The minimum Gasteiger partial charge on any atom is -0.345 e. The van der Waals surface area contributed by atoms with Crippen LogP contribution in [-0.4, -0.2) is 24.1 Å². The second-order valence-electron chi connectivity index (χ2n) is 6.61. The number of nitrogens with zero attached hydrogens (tertiary/aromatic N) is 2. The van der Waals surface area contributed by atoms with Gasteiger partial charge in [-0.15, -0.1) is 11.3 Å². The fourth-order valence-electron chi connectivity index (χ4n) is 3.27. The van der Waals surface area contributed by atoms with E-state index in [-0.39, 0.29) is 0 Å². The highest BCUT2D eigenvalue weighted by Crippen LogP contribution is 2.35. The van der Waals surface area contributed by atoms with Crippen molar-refractivity contribution in [2.45, 2.75) is 66.5 Å². The van der Waals surface area contributed by atoms with Crippen LogP contribution in [0.5, 0.6) is 0 Å². The minimum atomic E-state index is 0.605. The lowest BCUT2D eigenvalue weighted by atomic mass is 9.86. The molecule has 0 aromatic carbocycles. The van der Waals surface area contributed by atoms with Gasteiger partial charge in [0, 0.05) is 24.0 Å². The molecule has 120 valence electrons. The van der Waals surface area contributed by atoms with Gasteiger partial charge in [-0.2, -0.15) is 0 Å². The fourth-order valence-corrected chi connectivity index (χ4v) is 4.44. The van der Waals surface area contributed by atoms with E-state index in [1.165, 1.54) is 28.5 Å². The third-order valence-corrected chi connectivity index (χ3v) is 5.77. The molecule has 1 N–H and O–H groups in total. The van der Waals surface area contributed by atoms with E-state index in [4.69, 9.17) is 4.98 Å². The second-order valence-corrected chi connectivity index (χ2v) is 7.67. The van der Waals surface area contributed by atoms with Gasteiger partial charge < -0.3 is 10.2 Å². The lowest BCUT2D eigenvalue weighted by Gasteiger charge is -2.41. The SMILES string of the molecule is CCCc1nc(N2CC(C)CC(C)C2C)sc1CNCC. The zero-order chi connectivity index (χ0) is 15.4. The van der Waals surface area contributed by atoms with Crippen LogP contribution in [0, 0.1) is 11.8 Å². The molecule has 1 aliphatic heterocycles. The van der Waals surface area contributed by atoms with Crippen LogP contribution in [0.1, 0.15) is 58.0 Å². The van der Waals surface area contributed by atoms with Crippen LogP contribution in [0.3, 0.4) is 0 Å². The van der Waals surface area contributed by atoms with Crippen molar-refractivity contribution in [3.63, 3.8) is 0 Å². The Bertz CT molecular complexity index is 443. The van der Waals surface area contributed by atoms with Crippen LogP contribution in [0.15, 0.2) is 0 Å². The highest BCUT2D eigenvalue weighted by atomic mass is 32.1. The summed E-state index contributed by atoms with van der Waals surface area (Å²) in [4.78, 5) is 8.99. The maximum absolute atomic E-state index is 5.00. The number of hydrogen-bond donors (Lipinski definition) is 1. The Labute approximate surface area is 134 Å². The predicted molar refractivity (Wildman–Crippen MR) is 93.2 cm³/mol. The lowest BCUT2D eigenvalue weighted by Crippen LogP contribution is -2.45. The number of nitrogens with one attached hydrogen (secondary N) is 1. The van der Waals surface area contributed by atoms with E-state index in [1.807, 2.05) is 11.3 Å². The molecule has 0 spiro atoms. The first-order valence-electron chi connectivity index (χ1n) is 8.52. The van der Waals surface area contributed by atoms with Gasteiger partial charge in [0.2, 0.25) is 0 Å². The van der Waals surface area contributed by atoms with Crippen molar-refractivity contribution < 1.29 is 0 Å².